The number of methoxy groups -OCH3 is 1. The minimum Gasteiger partial charge on any atom is -0.383 e. The number of amides is 1. The van der Waals surface area contributed by atoms with E-state index in [0.29, 0.717) is 19.7 Å². The monoisotopic (exact) mass is 553 g/mol. The first-order chi connectivity index (χ1) is 15.2. The fourth-order valence-electron chi connectivity index (χ4n) is 3.89. The molecule has 1 saturated heterocycles. The molecule has 0 aliphatic carbocycles. The molecule has 0 bridgehead atoms. The number of ether oxygens (including phenoxy) is 1. The highest BCUT2D eigenvalue weighted by atomic mass is 127. The van der Waals surface area contributed by atoms with Crippen LogP contribution in [0.15, 0.2) is 47.5 Å². The van der Waals surface area contributed by atoms with Gasteiger partial charge >= 0.3 is 0 Å². The summed E-state index contributed by atoms with van der Waals surface area (Å²) in [5.41, 5.74) is 1.34. The van der Waals surface area contributed by atoms with Crippen molar-refractivity contribution in [3.63, 3.8) is 0 Å². The van der Waals surface area contributed by atoms with Crippen molar-refractivity contribution in [2.24, 2.45) is 4.99 Å². The molecular formula is C24H36IN5O2. The maximum absolute atomic E-state index is 12.0. The lowest BCUT2D eigenvalue weighted by atomic mass is 10.0. The van der Waals surface area contributed by atoms with Crippen LogP contribution in [-0.4, -0.2) is 87.7 Å². The van der Waals surface area contributed by atoms with Crippen molar-refractivity contribution in [2.75, 3.05) is 66.1 Å². The van der Waals surface area contributed by atoms with Gasteiger partial charge in [0.2, 0.25) is 5.91 Å². The Morgan fingerprint density at radius 2 is 1.81 bits per heavy atom. The zero-order valence-electron chi connectivity index (χ0n) is 19.2. The lowest BCUT2D eigenvalue weighted by Crippen LogP contribution is -2.54. The maximum Gasteiger partial charge on any atom is 0.234 e. The summed E-state index contributed by atoms with van der Waals surface area (Å²) in [6.07, 6.45) is 0.915. The fourth-order valence-corrected chi connectivity index (χ4v) is 3.89. The van der Waals surface area contributed by atoms with Gasteiger partial charge in [0.15, 0.2) is 5.96 Å². The Bertz CT molecular complexity index is 863. The van der Waals surface area contributed by atoms with Gasteiger partial charge in [0.25, 0.3) is 0 Å². The topological polar surface area (TPSA) is 69.2 Å². The minimum atomic E-state index is 0. The van der Waals surface area contributed by atoms with Gasteiger partial charge in [0, 0.05) is 52.9 Å². The molecule has 1 aliphatic heterocycles. The molecular weight excluding hydrogens is 517 g/mol. The van der Waals surface area contributed by atoms with Crippen molar-refractivity contribution in [1.82, 2.24) is 20.4 Å². The SMILES string of the molecule is CCNC(=NCCc1cccc2ccccc12)N1CCN(CC(=O)NCCOC)CC1.I. The highest BCUT2D eigenvalue weighted by molar-refractivity contribution is 14.0. The summed E-state index contributed by atoms with van der Waals surface area (Å²) in [4.78, 5) is 21.4. The number of guanidine groups is 1. The van der Waals surface area contributed by atoms with Crippen molar-refractivity contribution in [1.29, 1.82) is 0 Å². The van der Waals surface area contributed by atoms with Crippen LogP contribution in [-0.2, 0) is 16.0 Å². The Labute approximate surface area is 208 Å². The number of rotatable bonds is 9. The molecule has 3 rings (SSSR count). The van der Waals surface area contributed by atoms with Crippen LogP contribution in [0.5, 0.6) is 0 Å². The van der Waals surface area contributed by atoms with Crippen molar-refractivity contribution >= 4 is 46.6 Å². The number of hydrogen-bond acceptors (Lipinski definition) is 4. The average molecular weight is 553 g/mol. The largest absolute Gasteiger partial charge is 0.383 e. The molecule has 1 heterocycles. The van der Waals surface area contributed by atoms with E-state index in [1.54, 1.807) is 7.11 Å². The number of nitrogens with one attached hydrogen (secondary N) is 2. The summed E-state index contributed by atoms with van der Waals surface area (Å²) in [7, 11) is 1.64. The van der Waals surface area contributed by atoms with Crippen LogP contribution < -0.4 is 10.6 Å². The van der Waals surface area contributed by atoms with Crippen LogP contribution in [0.2, 0.25) is 0 Å². The normalized spacial score (nSPS) is 14.8. The Morgan fingerprint density at radius 1 is 1.06 bits per heavy atom. The number of benzene rings is 2. The highest BCUT2D eigenvalue weighted by Gasteiger charge is 2.21. The van der Waals surface area contributed by atoms with Gasteiger partial charge in [-0.1, -0.05) is 42.5 Å². The highest BCUT2D eigenvalue weighted by Crippen LogP contribution is 2.18. The van der Waals surface area contributed by atoms with E-state index in [2.05, 4.69) is 69.8 Å². The quantitative estimate of drug-likeness (QED) is 0.216. The molecule has 0 atom stereocenters. The maximum atomic E-state index is 12.0. The van der Waals surface area contributed by atoms with Crippen molar-refractivity contribution < 1.29 is 9.53 Å². The zero-order chi connectivity index (χ0) is 21.9. The Hall–Kier alpha value is -1.91. The molecule has 8 heteroatoms. The molecule has 1 amide bonds. The van der Waals surface area contributed by atoms with Gasteiger partial charge in [-0.15, -0.1) is 24.0 Å². The van der Waals surface area contributed by atoms with Gasteiger partial charge in [-0.3, -0.25) is 14.7 Å². The third-order valence-corrected chi connectivity index (χ3v) is 5.52. The number of aliphatic imine (C=N–C) groups is 1. The van der Waals surface area contributed by atoms with Crippen LogP contribution in [0.3, 0.4) is 0 Å². The minimum absolute atomic E-state index is 0. The number of piperazine rings is 1. The van der Waals surface area contributed by atoms with Crippen LogP contribution in [0.25, 0.3) is 10.8 Å². The summed E-state index contributed by atoms with van der Waals surface area (Å²) in [5, 5.41) is 8.90. The van der Waals surface area contributed by atoms with Crippen LogP contribution in [0, 0.1) is 0 Å². The van der Waals surface area contributed by atoms with E-state index in [-0.39, 0.29) is 29.9 Å². The molecule has 0 aromatic heterocycles. The summed E-state index contributed by atoms with van der Waals surface area (Å²) in [5.74, 6) is 1.02. The molecule has 1 fully saturated rings. The average Bonchev–Trinajstić information content (AvgIpc) is 2.79. The molecule has 0 spiro atoms. The first kappa shape index (κ1) is 26.3. The van der Waals surface area contributed by atoms with Crippen LogP contribution >= 0.6 is 24.0 Å². The molecule has 0 saturated carbocycles. The Balaban J connectivity index is 0.00000363. The molecule has 1 aliphatic rings. The van der Waals surface area contributed by atoms with Crippen LogP contribution in [0.4, 0.5) is 0 Å². The second kappa shape index (κ2) is 14.3. The van der Waals surface area contributed by atoms with E-state index in [1.165, 1.54) is 16.3 Å². The van der Waals surface area contributed by atoms with E-state index in [4.69, 9.17) is 9.73 Å². The number of nitrogens with zero attached hydrogens (tertiary/aromatic N) is 3. The molecule has 7 nitrogen and oxygen atoms in total. The molecule has 2 N–H and O–H groups in total. The van der Waals surface area contributed by atoms with Gasteiger partial charge in [-0.25, -0.2) is 0 Å². The molecule has 32 heavy (non-hydrogen) atoms. The number of carbonyl (C=O) groups excluding carboxylic acids is 1. The summed E-state index contributed by atoms with van der Waals surface area (Å²) >= 11 is 0. The third-order valence-electron chi connectivity index (χ3n) is 5.52. The summed E-state index contributed by atoms with van der Waals surface area (Å²) in [6, 6.07) is 15.0. The molecule has 2 aromatic rings. The summed E-state index contributed by atoms with van der Waals surface area (Å²) in [6.45, 7) is 8.67. The van der Waals surface area contributed by atoms with Gasteiger partial charge in [-0.2, -0.15) is 0 Å². The standard InChI is InChI=1S/C24H35N5O2.HI/c1-3-25-24(27-12-11-21-9-6-8-20-7-4-5-10-22(20)21)29-16-14-28(15-17-29)19-23(30)26-13-18-31-2;/h4-10H,3,11-19H2,1-2H3,(H,25,27)(H,26,30);1H. The Morgan fingerprint density at radius 3 is 2.56 bits per heavy atom. The fraction of sp³-hybridized carbons (Fsp3) is 0.500. The van der Waals surface area contributed by atoms with Gasteiger partial charge in [-0.05, 0) is 29.7 Å². The van der Waals surface area contributed by atoms with Gasteiger partial charge in [0.05, 0.1) is 13.2 Å². The molecule has 176 valence electrons. The van der Waals surface area contributed by atoms with Crippen molar-refractivity contribution in [3.8, 4) is 0 Å². The van der Waals surface area contributed by atoms with Gasteiger partial charge in [0.1, 0.15) is 0 Å². The van der Waals surface area contributed by atoms with E-state index < -0.39 is 0 Å². The lowest BCUT2D eigenvalue weighted by molar-refractivity contribution is -0.122. The number of halogens is 1. The number of fused-ring (bicyclic) bond motifs is 1. The van der Waals surface area contributed by atoms with Crippen LogP contribution in [0.1, 0.15) is 12.5 Å². The van der Waals surface area contributed by atoms with E-state index >= 15 is 0 Å². The predicted molar refractivity (Wildman–Crippen MR) is 142 cm³/mol. The second-order valence-electron chi connectivity index (χ2n) is 7.73. The smallest absolute Gasteiger partial charge is 0.234 e. The molecule has 0 unspecified atom stereocenters. The van der Waals surface area contributed by atoms with E-state index in [9.17, 15) is 4.79 Å². The number of hydrogen-bond donors (Lipinski definition) is 2. The predicted octanol–water partition coefficient (Wildman–Crippen LogP) is 2.35. The van der Waals surface area contributed by atoms with Crippen molar-refractivity contribution in [2.45, 2.75) is 13.3 Å². The van der Waals surface area contributed by atoms with Crippen molar-refractivity contribution in [3.05, 3.63) is 48.0 Å². The number of carbonyl (C=O) groups is 1. The lowest BCUT2D eigenvalue weighted by Gasteiger charge is -2.36. The summed E-state index contributed by atoms with van der Waals surface area (Å²) < 4.78 is 4.97. The second-order valence-corrected chi connectivity index (χ2v) is 7.73. The first-order valence-corrected chi connectivity index (χ1v) is 11.2. The zero-order valence-corrected chi connectivity index (χ0v) is 21.5. The Kier molecular flexibility index (Phi) is 11.8. The molecule has 2 aromatic carbocycles. The van der Waals surface area contributed by atoms with E-state index in [1.807, 2.05) is 0 Å². The van der Waals surface area contributed by atoms with Gasteiger partial charge < -0.3 is 20.3 Å². The van der Waals surface area contributed by atoms with E-state index in [0.717, 1.165) is 51.6 Å². The first-order valence-electron chi connectivity index (χ1n) is 11.2. The third kappa shape index (κ3) is 7.90. The molecule has 0 radical (unpaired) electrons.